The van der Waals surface area contributed by atoms with Crippen LogP contribution in [-0.2, 0) is 0 Å². The molecule has 0 unspecified atom stereocenters. The molecular weight excluding hydrogens is 244 g/mol. The largest absolute Gasteiger partial charge is 0.409 e. The van der Waals surface area contributed by atoms with Crippen LogP contribution in [0.1, 0.15) is 25.1 Å². The van der Waals surface area contributed by atoms with Gasteiger partial charge in [0.2, 0.25) is 0 Å². The lowest BCUT2D eigenvalue weighted by Gasteiger charge is -2.11. The number of oxime groups is 1. The first-order valence-electron chi connectivity index (χ1n) is 5.03. The fourth-order valence-electron chi connectivity index (χ4n) is 1.52. The number of hydrogen-bond acceptors (Lipinski definition) is 6. The van der Waals surface area contributed by atoms with Crippen molar-refractivity contribution in [2.24, 2.45) is 16.3 Å². The normalized spacial score (nSPS) is 18.7. The third-order valence-corrected chi connectivity index (χ3v) is 4.93. The molecule has 5 nitrogen and oxygen atoms in total. The highest BCUT2D eigenvalue weighted by atomic mass is 32.2. The van der Waals surface area contributed by atoms with E-state index in [1.54, 1.807) is 11.8 Å². The Morgan fingerprint density at radius 1 is 1.69 bits per heavy atom. The first-order chi connectivity index (χ1) is 7.63. The Bertz CT molecular complexity index is 400. The molecule has 88 valence electrons. The Balaban J connectivity index is 1.86. The van der Waals surface area contributed by atoms with Gasteiger partial charge in [-0.15, -0.1) is 0 Å². The standard InChI is InChI=1S/C9H14N4OS2/c1-6-11-8(16-13-6)15-5-9(2-3-9)4-7(10)12-14/h14H,2-5H2,1H3,(H2,10,12). The summed E-state index contributed by atoms with van der Waals surface area (Å²) in [6.07, 6.45) is 2.97. The lowest BCUT2D eigenvalue weighted by molar-refractivity contribution is 0.315. The van der Waals surface area contributed by atoms with Gasteiger partial charge >= 0.3 is 0 Å². The first-order valence-corrected chi connectivity index (χ1v) is 6.79. The molecule has 2 rings (SSSR count). The number of aryl methyl sites for hydroxylation is 1. The van der Waals surface area contributed by atoms with E-state index in [2.05, 4.69) is 14.5 Å². The van der Waals surface area contributed by atoms with Crippen molar-refractivity contribution in [2.75, 3.05) is 5.75 Å². The molecular formula is C9H14N4OS2. The van der Waals surface area contributed by atoms with E-state index in [1.165, 1.54) is 11.5 Å². The lowest BCUT2D eigenvalue weighted by Crippen LogP contribution is -2.19. The molecule has 1 aromatic heterocycles. The van der Waals surface area contributed by atoms with E-state index in [-0.39, 0.29) is 5.41 Å². The predicted molar refractivity (Wildman–Crippen MR) is 65.1 cm³/mol. The zero-order valence-electron chi connectivity index (χ0n) is 9.01. The second-order valence-electron chi connectivity index (χ2n) is 4.16. The van der Waals surface area contributed by atoms with Crippen molar-refractivity contribution in [3.63, 3.8) is 0 Å². The number of nitrogens with zero attached hydrogens (tertiary/aromatic N) is 3. The van der Waals surface area contributed by atoms with Gasteiger partial charge in [0.05, 0.1) is 0 Å². The third-order valence-electron chi connectivity index (χ3n) is 2.65. The quantitative estimate of drug-likeness (QED) is 0.277. The van der Waals surface area contributed by atoms with Crippen molar-refractivity contribution >= 4 is 29.1 Å². The molecule has 0 amide bonds. The SMILES string of the molecule is Cc1nsc(SCC2(CC(N)=NO)CC2)n1. The van der Waals surface area contributed by atoms with Gasteiger partial charge in [0.1, 0.15) is 11.7 Å². The highest BCUT2D eigenvalue weighted by Crippen LogP contribution is 2.51. The number of hydrogen-bond donors (Lipinski definition) is 2. The van der Waals surface area contributed by atoms with Gasteiger partial charge in [-0.05, 0) is 36.7 Å². The highest BCUT2D eigenvalue weighted by molar-refractivity contribution is 8.00. The van der Waals surface area contributed by atoms with Crippen LogP contribution in [0.25, 0.3) is 0 Å². The first kappa shape index (κ1) is 11.7. The molecule has 0 saturated heterocycles. The van der Waals surface area contributed by atoms with Gasteiger partial charge in [0.15, 0.2) is 4.34 Å². The van der Waals surface area contributed by atoms with Gasteiger partial charge in [-0.2, -0.15) is 4.37 Å². The van der Waals surface area contributed by atoms with Gasteiger partial charge in [0, 0.05) is 12.2 Å². The maximum absolute atomic E-state index is 8.55. The number of nitrogens with two attached hydrogens (primary N) is 1. The number of thioether (sulfide) groups is 1. The average molecular weight is 258 g/mol. The summed E-state index contributed by atoms with van der Waals surface area (Å²) in [7, 11) is 0. The van der Waals surface area contributed by atoms with Crippen molar-refractivity contribution in [3.8, 4) is 0 Å². The van der Waals surface area contributed by atoms with Crippen LogP contribution in [-0.4, -0.2) is 26.2 Å². The second-order valence-corrected chi connectivity index (χ2v) is 6.14. The molecule has 1 saturated carbocycles. The monoisotopic (exact) mass is 258 g/mol. The van der Waals surface area contributed by atoms with Crippen molar-refractivity contribution in [1.29, 1.82) is 0 Å². The topological polar surface area (TPSA) is 84.4 Å². The third kappa shape index (κ3) is 2.85. The maximum Gasteiger partial charge on any atom is 0.170 e. The van der Waals surface area contributed by atoms with Crippen molar-refractivity contribution in [2.45, 2.75) is 30.5 Å². The Kier molecular flexibility index (Phi) is 3.34. The van der Waals surface area contributed by atoms with Gasteiger partial charge in [-0.3, -0.25) is 0 Å². The molecule has 0 atom stereocenters. The van der Waals surface area contributed by atoms with E-state index in [1.807, 2.05) is 6.92 Å². The van der Waals surface area contributed by atoms with Gasteiger partial charge in [-0.1, -0.05) is 16.9 Å². The molecule has 7 heteroatoms. The zero-order chi connectivity index (χ0) is 11.6. The Morgan fingerprint density at radius 3 is 2.94 bits per heavy atom. The van der Waals surface area contributed by atoms with Gasteiger partial charge < -0.3 is 10.9 Å². The van der Waals surface area contributed by atoms with Crippen LogP contribution in [0.3, 0.4) is 0 Å². The number of rotatable bonds is 5. The predicted octanol–water partition coefficient (Wildman–Crippen LogP) is 1.86. The molecule has 0 aliphatic heterocycles. The van der Waals surface area contributed by atoms with Crippen molar-refractivity contribution in [1.82, 2.24) is 9.36 Å². The van der Waals surface area contributed by atoms with Crippen LogP contribution in [0.5, 0.6) is 0 Å². The minimum atomic E-state index is 0.223. The molecule has 0 radical (unpaired) electrons. The van der Waals surface area contributed by atoms with E-state index >= 15 is 0 Å². The van der Waals surface area contributed by atoms with E-state index in [4.69, 9.17) is 10.9 Å². The Hall–Kier alpha value is -0.820. The lowest BCUT2D eigenvalue weighted by atomic mass is 10.1. The summed E-state index contributed by atoms with van der Waals surface area (Å²) < 4.78 is 5.14. The minimum absolute atomic E-state index is 0.223. The summed E-state index contributed by atoms with van der Waals surface area (Å²) >= 11 is 3.15. The van der Waals surface area contributed by atoms with Crippen LogP contribution in [0.15, 0.2) is 9.50 Å². The molecule has 0 spiro atoms. The summed E-state index contributed by atoms with van der Waals surface area (Å²) in [5, 5.41) is 11.6. The molecule has 0 bridgehead atoms. The van der Waals surface area contributed by atoms with Crippen LogP contribution in [0.4, 0.5) is 0 Å². The fourth-order valence-corrected chi connectivity index (χ4v) is 3.46. The van der Waals surface area contributed by atoms with E-state index < -0.39 is 0 Å². The van der Waals surface area contributed by atoms with Crippen LogP contribution >= 0.6 is 23.3 Å². The van der Waals surface area contributed by atoms with Crippen molar-refractivity contribution in [3.05, 3.63) is 5.82 Å². The maximum atomic E-state index is 8.55. The summed E-state index contributed by atoms with van der Waals surface area (Å²) in [5.74, 6) is 2.12. The molecule has 1 fully saturated rings. The second kappa shape index (κ2) is 4.58. The summed E-state index contributed by atoms with van der Waals surface area (Å²) in [6.45, 7) is 1.89. The Morgan fingerprint density at radius 2 is 2.44 bits per heavy atom. The molecule has 1 heterocycles. The van der Waals surface area contributed by atoms with Gasteiger partial charge in [-0.25, -0.2) is 4.98 Å². The summed E-state index contributed by atoms with van der Waals surface area (Å²) in [4.78, 5) is 4.30. The zero-order valence-corrected chi connectivity index (χ0v) is 10.6. The average Bonchev–Trinajstić information content (AvgIpc) is 2.90. The molecule has 1 aliphatic carbocycles. The Labute approximate surface area is 102 Å². The van der Waals surface area contributed by atoms with Crippen molar-refractivity contribution < 1.29 is 5.21 Å². The van der Waals surface area contributed by atoms with E-state index in [0.29, 0.717) is 12.3 Å². The molecule has 1 aliphatic rings. The van der Waals surface area contributed by atoms with Gasteiger partial charge in [0.25, 0.3) is 0 Å². The smallest absolute Gasteiger partial charge is 0.170 e. The number of amidine groups is 1. The van der Waals surface area contributed by atoms with E-state index in [0.717, 1.165) is 28.8 Å². The van der Waals surface area contributed by atoms with Crippen LogP contribution in [0, 0.1) is 12.3 Å². The summed E-state index contributed by atoms with van der Waals surface area (Å²) in [6, 6.07) is 0. The van der Waals surface area contributed by atoms with Crippen LogP contribution in [0.2, 0.25) is 0 Å². The minimum Gasteiger partial charge on any atom is -0.409 e. The number of aromatic nitrogens is 2. The highest BCUT2D eigenvalue weighted by Gasteiger charge is 2.43. The molecule has 16 heavy (non-hydrogen) atoms. The van der Waals surface area contributed by atoms with E-state index in [9.17, 15) is 0 Å². The molecule has 3 N–H and O–H groups in total. The molecule has 0 aromatic carbocycles. The molecule has 1 aromatic rings. The summed E-state index contributed by atoms with van der Waals surface area (Å²) in [5.41, 5.74) is 5.76. The van der Waals surface area contributed by atoms with Crippen LogP contribution < -0.4 is 5.73 Å². The fraction of sp³-hybridized carbons (Fsp3) is 0.667.